The molecule has 0 heterocycles. The zero-order valence-electron chi connectivity index (χ0n) is 28.0. The minimum absolute atomic E-state index is 0.889. The molecule has 7 aromatic rings. The van der Waals surface area contributed by atoms with Crippen molar-refractivity contribution >= 4 is 0 Å². The van der Waals surface area contributed by atoms with Crippen molar-refractivity contribution in [2.24, 2.45) is 0 Å². The Kier molecular flexibility index (Phi) is 6.36. The minimum atomic E-state index is 0.889. The van der Waals surface area contributed by atoms with E-state index in [-0.39, 0.29) is 0 Å². The van der Waals surface area contributed by atoms with Crippen LogP contribution < -0.4 is 0 Å². The predicted molar refractivity (Wildman–Crippen MR) is 211 cm³/mol. The summed E-state index contributed by atoms with van der Waals surface area (Å²) in [6.07, 6.45) is 19.9. The lowest BCUT2D eigenvalue weighted by Gasteiger charge is -2.14. The molecule has 0 saturated carbocycles. The van der Waals surface area contributed by atoms with Crippen LogP contribution in [0.4, 0.5) is 0 Å². The SMILES string of the molecule is C#Cc1ccc2c(c1)Cc1cc(-c3cc(-c4ccc5c(c4)Cc4cc(C#C)ccc4-5)cc(-c4ccc5c(c4)Cc4cc(C#C)ccc4-5)c3)ccc1-2. The van der Waals surface area contributed by atoms with E-state index >= 15 is 0 Å². The van der Waals surface area contributed by atoms with E-state index in [1.807, 2.05) is 18.2 Å². The third kappa shape index (κ3) is 4.68. The molecular formula is C51H30. The smallest absolute Gasteiger partial charge is 0.0245 e. The molecule has 0 fully saturated rings. The second-order valence-electron chi connectivity index (χ2n) is 14.0. The van der Waals surface area contributed by atoms with Crippen LogP contribution >= 0.6 is 0 Å². The van der Waals surface area contributed by atoms with Crippen molar-refractivity contribution in [1.29, 1.82) is 0 Å². The molecule has 234 valence electrons. The average molecular weight is 643 g/mol. The van der Waals surface area contributed by atoms with E-state index in [1.54, 1.807) is 0 Å². The number of terminal acetylenes is 3. The predicted octanol–water partition coefficient (Wildman–Crippen LogP) is 11.3. The van der Waals surface area contributed by atoms with Crippen molar-refractivity contribution in [2.45, 2.75) is 19.3 Å². The summed E-state index contributed by atoms with van der Waals surface area (Å²) < 4.78 is 0. The van der Waals surface area contributed by atoms with Gasteiger partial charge in [-0.25, -0.2) is 0 Å². The second-order valence-corrected chi connectivity index (χ2v) is 14.0. The monoisotopic (exact) mass is 642 g/mol. The van der Waals surface area contributed by atoms with Gasteiger partial charge in [-0.05, 0) is 174 Å². The Labute approximate surface area is 299 Å². The van der Waals surface area contributed by atoms with Gasteiger partial charge in [0, 0.05) is 16.7 Å². The number of benzene rings is 7. The Morgan fingerprint density at radius 2 is 0.529 bits per heavy atom. The van der Waals surface area contributed by atoms with E-state index < -0.39 is 0 Å². The van der Waals surface area contributed by atoms with E-state index in [0.717, 1.165) is 36.0 Å². The van der Waals surface area contributed by atoms with Crippen molar-refractivity contribution in [2.75, 3.05) is 0 Å². The van der Waals surface area contributed by atoms with Crippen molar-refractivity contribution in [3.63, 3.8) is 0 Å². The molecule has 0 nitrogen and oxygen atoms in total. The Bertz CT molecular complexity index is 2480. The van der Waals surface area contributed by atoms with Crippen LogP contribution in [0.2, 0.25) is 0 Å². The molecule has 0 unspecified atom stereocenters. The summed E-state index contributed by atoms with van der Waals surface area (Å²) in [5.41, 5.74) is 25.7. The van der Waals surface area contributed by atoms with Crippen LogP contribution in [0.25, 0.3) is 66.8 Å². The molecule has 0 bridgehead atoms. The average Bonchev–Trinajstić information content (AvgIpc) is 3.86. The van der Waals surface area contributed by atoms with Gasteiger partial charge in [-0.1, -0.05) is 90.6 Å². The Balaban J connectivity index is 1.08. The van der Waals surface area contributed by atoms with Crippen LogP contribution in [0.5, 0.6) is 0 Å². The van der Waals surface area contributed by atoms with Crippen LogP contribution in [-0.2, 0) is 19.3 Å². The van der Waals surface area contributed by atoms with Crippen LogP contribution in [0.3, 0.4) is 0 Å². The largest absolute Gasteiger partial charge is 0.115 e. The van der Waals surface area contributed by atoms with Gasteiger partial charge < -0.3 is 0 Å². The van der Waals surface area contributed by atoms with Gasteiger partial charge in [0.25, 0.3) is 0 Å². The zero-order valence-corrected chi connectivity index (χ0v) is 28.0. The molecule has 0 heteroatoms. The first-order valence-corrected chi connectivity index (χ1v) is 17.4. The lowest BCUT2D eigenvalue weighted by molar-refractivity contribution is 1.26. The first-order valence-electron chi connectivity index (χ1n) is 17.4. The highest BCUT2D eigenvalue weighted by Gasteiger charge is 2.23. The maximum absolute atomic E-state index is 5.74. The summed E-state index contributed by atoms with van der Waals surface area (Å²) in [4.78, 5) is 0. The van der Waals surface area contributed by atoms with Crippen LogP contribution in [0.1, 0.15) is 50.1 Å². The molecule has 10 rings (SSSR count). The van der Waals surface area contributed by atoms with Gasteiger partial charge >= 0.3 is 0 Å². The molecule has 0 N–H and O–H groups in total. The standard InChI is InChI=1S/C51H30/c1-4-31-7-13-46-40(19-31)28-43-22-34(10-16-49(43)46)37-25-38(35-11-17-50-44(23-35)29-41-20-32(5-2)8-14-47(41)50)27-39(26-37)36-12-18-51-45(24-36)30-42-21-33(6-3)9-15-48(42)51/h1-3,7-27H,28-30H2. The third-order valence-corrected chi connectivity index (χ3v) is 11.1. The van der Waals surface area contributed by atoms with Gasteiger partial charge in [0.05, 0.1) is 0 Å². The summed E-state index contributed by atoms with van der Waals surface area (Å²) in [7, 11) is 0. The van der Waals surface area contributed by atoms with Crippen LogP contribution in [0.15, 0.2) is 127 Å². The molecule has 7 aromatic carbocycles. The summed E-state index contributed by atoms with van der Waals surface area (Å²) in [5.74, 6) is 8.40. The molecule has 3 aliphatic rings. The normalized spacial score (nSPS) is 12.4. The fraction of sp³-hybridized carbons (Fsp3) is 0.0588. The van der Waals surface area contributed by atoms with Crippen LogP contribution in [0, 0.1) is 37.0 Å². The van der Waals surface area contributed by atoms with E-state index in [2.05, 4.69) is 127 Å². The molecule has 0 spiro atoms. The first-order chi connectivity index (χ1) is 25.0. The molecule has 3 aliphatic carbocycles. The number of hydrogen-bond acceptors (Lipinski definition) is 0. The number of rotatable bonds is 3. The molecule has 0 aromatic heterocycles. The van der Waals surface area contributed by atoms with Gasteiger partial charge in [-0.15, -0.1) is 19.3 Å². The fourth-order valence-electron chi connectivity index (χ4n) is 8.57. The highest BCUT2D eigenvalue weighted by atomic mass is 14.3. The maximum Gasteiger partial charge on any atom is 0.0245 e. The topological polar surface area (TPSA) is 0 Å². The van der Waals surface area contributed by atoms with Gasteiger partial charge in [-0.3, -0.25) is 0 Å². The van der Waals surface area contributed by atoms with E-state index in [1.165, 1.54) is 100 Å². The Morgan fingerprint density at radius 3 is 0.804 bits per heavy atom. The van der Waals surface area contributed by atoms with E-state index in [4.69, 9.17) is 19.3 Å². The highest BCUT2D eigenvalue weighted by molar-refractivity contribution is 5.88. The summed E-state index contributed by atoms with van der Waals surface area (Å²) in [6.45, 7) is 0. The number of fused-ring (bicyclic) bond motifs is 9. The summed E-state index contributed by atoms with van der Waals surface area (Å²) in [5, 5.41) is 0. The molecule has 0 amide bonds. The van der Waals surface area contributed by atoms with Crippen molar-refractivity contribution < 1.29 is 0 Å². The quantitative estimate of drug-likeness (QED) is 0.168. The molecular weight excluding hydrogens is 613 g/mol. The lowest BCUT2D eigenvalue weighted by Crippen LogP contribution is -1.90. The molecule has 0 radical (unpaired) electrons. The van der Waals surface area contributed by atoms with Gasteiger partial charge in [-0.2, -0.15) is 0 Å². The fourth-order valence-corrected chi connectivity index (χ4v) is 8.57. The van der Waals surface area contributed by atoms with Gasteiger partial charge in [0.1, 0.15) is 0 Å². The van der Waals surface area contributed by atoms with E-state index in [0.29, 0.717) is 0 Å². The molecule has 0 atom stereocenters. The van der Waals surface area contributed by atoms with Crippen LogP contribution in [-0.4, -0.2) is 0 Å². The molecule has 0 aliphatic heterocycles. The van der Waals surface area contributed by atoms with Gasteiger partial charge in [0.15, 0.2) is 0 Å². The third-order valence-electron chi connectivity index (χ3n) is 11.1. The van der Waals surface area contributed by atoms with Crippen molar-refractivity contribution in [1.82, 2.24) is 0 Å². The number of hydrogen-bond donors (Lipinski definition) is 0. The lowest BCUT2D eigenvalue weighted by atomic mass is 9.90. The van der Waals surface area contributed by atoms with Crippen molar-refractivity contribution in [3.05, 3.63) is 177 Å². The maximum atomic E-state index is 5.74. The first kappa shape index (κ1) is 29.2. The summed E-state index contributed by atoms with van der Waals surface area (Å²) in [6, 6.07) is 47.0. The minimum Gasteiger partial charge on any atom is -0.115 e. The van der Waals surface area contributed by atoms with Crippen molar-refractivity contribution in [3.8, 4) is 104 Å². The van der Waals surface area contributed by atoms with Gasteiger partial charge in [0.2, 0.25) is 0 Å². The Morgan fingerprint density at radius 1 is 0.275 bits per heavy atom. The highest BCUT2D eigenvalue weighted by Crippen LogP contribution is 2.44. The second kappa shape index (κ2) is 11.1. The molecule has 51 heavy (non-hydrogen) atoms. The van der Waals surface area contributed by atoms with E-state index in [9.17, 15) is 0 Å². The molecule has 0 saturated heterocycles. The Hall–Kier alpha value is -6.78. The summed E-state index contributed by atoms with van der Waals surface area (Å²) >= 11 is 0. The zero-order chi connectivity index (χ0) is 34.2.